The van der Waals surface area contributed by atoms with E-state index in [2.05, 4.69) is 25.3 Å². The van der Waals surface area contributed by atoms with E-state index in [1.165, 1.54) is 28.9 Å². The summed E-state index contributed by atoms with van der Waals surface area (Å²) in [5.74, 6) is -0.778. The van der Waals surface area contributed by atoms with Gasteiger partial charge < -0.3 is 5.73 Å². The average Bonchev–Trinajstić information content (AvgIpc) is 3.66. The molecule has 0 fully saturated rings. The molecule has 4 aromatic heterocycles. The zero-order chi connectivity index (χ0) is 27.1. The molecule has 0 aliphatic rings. The summed E-state index contributed by atoms with van der Waals surface area (Å²) >= 11 is 0. The van der Waals surface area contributed by atoms with Gasteiger partial charge in [-0.25, -0.2) is 23.3 Å². The maximum Gasteiger partial charge on any atom is 0.198 e. The van der Waals surface area contributed by atoms with Crippen LogP contribution in [0.3, 0.4) is 0 Å². The summed E-state index contributed by atoms with van der Waals surface area (Å²) in [5, 5.41) is 22.2. The Labute approximate surface area is 220 Å². The highest BCUT2D eigenvalue weighted by molar-refractivity contribution is 5.69. The van der Waals surface area contributed by atoms with Gasteiger partial charge in [-0.3, -0.25) is 9.36 Å². The molecule has 0 saturated heterocycles. The van der Waals surface area contributed by atoms with E-state index in [4.69, 9.17) is 11.0 Å². The number of halogens is 2. The zero-order valence-corrected chi connectivity index (χ0v) is 20.6. The summed E-state index contributed by atoms with van der Waals surface area (Å²) in [6.07, 6.45) is 8.76. The number of aromatic nitrogens is 8. The summed E-state index contributed by atoms with van der Waals surface area (Å²) in [4.78, 5) is 8.72. The first-order chi connectivity index (χ1) is 18.9. The molecule has 0 saturated carbocycles. The fourth-order valence-corrected chi connectivity index (χ4v) is 4.47. The molecule has 6 aromatic rings. The molecule has 2 aromatic carbocycles. The Hall–Kier alpha value is -5.44. The third-order valence-corrected chi connectivity index (χ3v) is 6.29. The van der Waals surface area contributed by atoms with Gasteiger partial charge in [-0.05, 0) is 23.8 Å². The summed E-state index contributed by atoms with van der Waals surface area (Å²) < 4.78 is 34.7. The van der Waals surface area contributed by atoms with Gasteiger partial charge in [0.05, 0.1) is 36.4 Å². The molecule has 0 aliphatic heterocycles. The average molecular weight is 523 g/mol. The third-order valence-electron chi connectivity index (χ3n) is 6.29. The van der Waals surface area contributed by atoms with E-state index < -0.39 is 11.6 Å². The van der Waals surface area contributed by atoms with Crippen molar-refractivity contribution in [1.29, 1.82) is 5.26 Å². The van der Waals surface area contributed by atoms with Crippen LogP contribution in [0, 0.1) is 23.0 Å². The van der Waals surface area contributed by atoms with Crippen molar-refractivity contribution < 1.29 is 8.78 Å². The van der Waals surface area contributed by atoms with Gasteiger partial charge in [0, 0.05) is 48.1 Å². The maximum atomic E-state index is 15.1. The molecule has 192 valence electrons. The first-order valence-corrected chi connectivity index (χ1v) is 11.9. The lowest BCUT2D eigenvalue weighted by Crippen LogP contribution is -2.01. The van der Waals surface area contributed by atoms with Crippen molar-refractivity contribution in [3.63, 3.8) is 0 Å². The second kappa shape index (κ2) is 9.46. The Morgan fingerprint density at radius 2 is 1.79 bits per heavy atom. The molecule has 39 heavy (non-hydrogen) atoms. The standard InChI is InChI=1S/C27H20F2N10/c1-37-12-16(10-32-37)13-38-14-18(11-33-38)19-5-3-7-22(28)21(19)8-24-35-27-26(31)34-23(15-39(27)36-24)20-6-2-4-17(9-30)25(20)29/h2-7,10-12,14-15H,8,13H2,1H3,(H2,31,34). The number of nitrogens with zero attached hydrogens (tertiary/aromatic N) is 9. The Bertz CT molecular complexity index is 1890. The molecule has 0 spiro atoms. The monoisotopic (exact) mass is 522 g/mol. The van der Waals surface area contributed by atoms with E-state index in [0.29, 0.717) is 23.5 Å². The van der Waals surface area contributed by atoms with E-state index in [-0.39, 0.29) is 34.7 Å². The summed E-state index contributed by atoms with van der Waals surface area (Å²) in [5.41, 5.74) is 9.37. The fourth-order valence-electron chi connectivity index (χ4n) is 4.47. The Morgan fingerprint density at radius 1 is 0.974 bits per heavy atom. The molecule has 0 atom stereocenters. The van der Waals surface area contributed by atoms with Crippen molar-refractivity contribution in [2.75, 3.05) is 5.73 Å². The number of aryl methyl sites for hydroxylation is 1. The third kappa shape index (κ3) is 4.46. The second-order valence-electron chi connectivity index (χ2n) is 8.98. The number of nitrogen functional groups attached to an aromatic ring is 1. The number of benzene rings is 2. The normalized spacial score (nSPS) is 11.2. The van der Waals surface area contributed by atoms with Crippen molar-refractivity contribution in [1.82, 2.24) is 39.1 Å². The highest BCUT2D eigenvalue weighted by Crippen LogP contribution is 2.29. The maximum absolute atomic E-state index is 15.1. The van der Waals surface area contributed by atoms with Crippen LogP contribution in [-0.4, -0.2) is 39.1 Å². The highest BCUT2D eigenvalue weighted by atomic mass is 19.1. The SMILES string of the molecule is Cn1cc(Cn2cc(-c3cccc(F)c3Cc3nc4c(N)nc(-c5cccc(C#N)c5F)cn4n3)cn2)cn1. The molecular formula is C27H20F2N10. The Balaban J connectivity index is 1.34. The fraction of sp³-hybridized carbons (Fsp3) is 0.111. The van der Waals surface area contributed by atoms with E-state index in [1.807, 2.05) is 31.6 Å². The molecule has 4 heterocycles. The van der Waals surface area contributed by atoms with Crippen LogP contribution in [0.25, 0.3) is 28.0 Å². The van der Waals surface area contributed by atoms with Gasteiger partial charge in [-0.2, -0.15) is 20.6 Å². The summed E-state index contributed by atoms with van der Waals surface area (Å²) in [6.45, 7) is 0.527. The number of rotatable bonds is 6. The van der Waals surface area contributed by atoms with Crippen molar-refractivity contribution in [2.45, 2.75) is 13.0 Å². The summed E-state index contributed by atoms with van der Waals surface area (Å²) in [6, 6.07) is 11.1. The van der Waals surface area contributed by atoms with Gasteiger partial charge >= 0.3 is 0 Å². The van der Waals surface area contributed by atoms with Gasteiger partial charge in [0.1, 0.15) is 17.7 Å². The highest BCUT2D eigenvalue weighted by Gasteiger charge is 2.18. The molecule has 12 heteroatoms. The first-order valence-electron chi connectivity index (χ1n) is 11.9. The predicted molar refractivity (Wildman–Crippen MR) is 138 cm³/mol. The number of fused-ring (bicyclic) bond motifs is 1. The molecule has 10 nitrogen and oxygen atoms in total. The minimum absolute atomic E-state index is 0.0263. The van der Waals surface area contributed by atoms with Gasteiger partial charge in [0.15, 0.2) is 17.3 Å². The topological polar surface area (TPSA) is 129 Å². The van der Waals surface area contributed by atoms with Crippen LogP contribution >= 0.6 is 0 Å². The minimum Gasteiger partial charge on any atom is -0.381 e. The predicted octanol–water partition coefficient (Wildman–Crippen LogP) is 3.76. The molecule has 6 rings (SSSR count). The first kappa shape index (κ1) is 23.9. The summed E-state index contributed by atoms with van der Waals surface area (Å²) in [7, 11) is 1.85. The van der Waals surface area contributed by atoms with Crippen LogP contribution in [0.2, 0.25) is 0 Å². The Kier molecular flexibility index (Phi) is 5.80. The van der Waals surface area contributed by atoms with Crippen molar-refractivity contribution in [2.24, 2.45) is 7.05 Å². The minimum atomic E-state index is -0.702. The molecule has 0 amide bonds. The lowest BCUT2D eigenvalue weighted by atomic mass is 9.99. The Morgan fingerprint density at radius 3 is 2.59 bits per heavy atom. The van der Waals surface area contributed by atoms with Crippen LogP contribution in [0.15, 0.2) is 67.4 Å². The van der Waals surface area contributed by atoms with Gasteiger partial charge in [-0.1, -0.05) is 18.2 Å². The van der Waals surface area contributed by atoms with Crippen LogP contribution in [-0.2, 0) is 20.0 Å². The number of anilines is 1. The van der Waals surface area contributed by atoms with E-state index in [1.54, 1.807) is 33.9 Å². The second-order valence-corrected chi connectivity index (χ2v) is 8.98. The number of nitrogens with two attached hydrogens (primary N) is 1. The number of hydrogen-bond donors (Lipinski definition) is 1. The van der Waals surface area contributed by atoms with Crippen LogP contribution in [0.4, 0.5) is 14.6 Å². The van der Waals surface area contributed by atoms with E-state index in [0.717, 1.165) is 11.1 Å². The van der Waals surface area contributed by atoms with Gasteiger partial charge in [-0.15, -0.1) is 0 Å². The molecule has 2 N–H and O–H groups in total. The smallest absolute Gasteiger partial charge is 0.198 e. The van der Waals surface area contributed by atoms with Crippen molar-refractivity contribution in [3.05, 3.63) is 102 Å². The van der Waals surface area contributed by atoms with Crippen LogP contribution < -0.4 is 5.73 Å². The van der Waals surface area contributed by atoms with Gasteiger partial charge in [0.2, 0.25) is 0 Å². The molecule has 0 bridgehead atoms. The number of hydrogen-bond acceptors (Lipinski definition) is 7. The zero-order valence-electron chi connectivity index (χ0n) is 20.6. The lowest BCUT2D eigenvalue weighted by molar-refractivity contribution is 0.613. The van der Waals surface area contributed by atoms with Crippen LogP contribution in [0.1, 0.15) is 22.5 Å². The molecular weight excluding hydrogens is 502 g/mol. The van der Waals surface area contributed by atoms with E-state index in [9.17, 15) is 4.39 Å². The lowest BCUT2D eigenvalue weighted by Gasteiger charge is -2.07. The quantitative estimate of drug-likeness (QED) is 0.353. The van der Waals surface area contributed by atoms with Crippen molar-refractivity contribution in [3.8, 4) is 28.5 Å². The van der Waals surface area contributed by atoms with E-state index >= 15 is 4.39 Å². The largest absolute Gasteiger partial charge is 0.381 e. The van der Waals surface area contributed by atoms with Crippen molar-refractivity contribution >= 4 is 11.5 Å². The molecule has 0 unspecified atom stereocenters. The van der Waals surface area contributed by atoms with Gasteiger partial charge in [0.25, 0.3) is 0 Å². The van der Waals surface area contributed by atoms with Crippen LogP contribution in [0.5, 0.6) is 0 Å². The molecule has 0 aliphatic carbocycles. The molecule has 0 radical (unpaired) electrons. The number of nitriles is 1.